The first-order valence-electron chi connectivity index (χ1n) is 15.3. The number of aliphatic hydroxyl groups excluding tert-OH is 1. The number of hydrogen-bond acceptors (Lipinski definition) is 5. The SMILES string of the molecule is C=CCN(Cc1ccccc1)C(=O)C1N([C@@H](CO)C(C)C)C(=O)[C@@H]2[C@H](C(=O)N(CC=C)Cc3ccccc3)[C@@H]3CCC12O3. The summed E-state index contributed by atoms with van der Waals surface area (Å²) in [6.07, 6.45) is 3.98. The summed E-state index contributed by atoms with van der Waals surface area (Å²) in [6, 6.07) is 17.9. The van der Waals surface area contributed by atoms with E-state index in [1.165, 1.54) is 0 Å². The van der Waals surface area contributed by atoms with Gasteiger partial charge >= 0.3 is 0 Å². The molecule has 3 heterocycles. The summed E-state index contributed by atoms with van der Waals surface area (Å²) in [7, 11) is 0. The minimum absolute atomic E-state index is 0.122. The molecular weight excluding hydrogens is 542 g/mol. The van der Waals surface area contributed by atoms with E-state index < -0.39 is 35.6 Å². The van der Waals surface area contributed by atoms with Crippen LogP contribution in [0.15, 0.2) is 86.0 Å². The first-order chi connectivity index (χ1) is 20.8. The predicted octanol–water partition coefficient (Wildman–Crippen LogP) is 3.81. The number of amides is 3. The number of ether oxygens (including phenoxy) is 1. The van der Waals surface area contributed by atoms with Gasteiger partial charge in [0.25, 0.3) is 0 Å². The normalized spacial score (nSPS) is 26.3. The minimum Gasteiger partial charge on any atom is -0.394 e. The third kappa shape index (κ3) is 5.54. The molecule has 2 aromatic carbocycles. The molecule has 43 heavy (non-hydrogen) atoms. The topological polar surface area (TPSA) is 90.4 Å². The van der Waals surface area contributed by atoms with Gasteiger partial charge in [-0.25, -0.2) is 0 Å². The second kappa shape index (κ2) is 12.9. The summed E-state index contributed by atoms with van der Waals surface area (Å²) >= 11 is 0. The van der Waals surface area contributed by atoms with Crippen LogP contribution in [0.4, 0.5) is 0 Å². The van der Waals surface area contributed by atoms with Crippen LogP contribution >= 0.6 is 0 Å². The fraction of sp³-hybridized carbons (Fsp3) is 0.457. The van der Waals surface area contributed by atoms with Gasteiger partial charge in [-0.1, -0.05) is 86.7 Å². The van der Waals surface area contributed by atoms with E-state index in [2.05, 4.69) is 13.2 Å². The van der Waals surface area contributed by atoms with Gasteiger partial charge in [0, 0.05) is 26.2 Å². The highest BCUT2D eigenvalue weighted by Crippen LogP contribution is 2.59. The van der Waals surface area contributed by atoms with Crippen molar-refractivity contribution in [3.8, 4) is 0 Å². The van der Waals surface area contributed by atoms with Crippen LogP contribution in [0.25, 0.3) is 0 Å². The Bertz CT molecular complexity index is 1330. The molecule has 0 saturated carbocycles. The van der Waals surface area contributed by atoms with Crippen LogP contribution in [0, 0.1) is 17.8 Å². The third-order valence-corrected chi connectivity index (χ3v) is 9.33. The van der Waals surface area contributed by atoms with Crippen molar-refractivity contribution in [3.05, 3.63) is 97.1 Å². The van der Waals surface area contributed by atoms with E-state index in [1.54, 1.807) is 26.9 Å². The van der Waals surface area contributed by atoms with E-state index in [-0.39, 0.29) is 36.8 Å². The summed E-state index contributed by atoms with van der Waals surface area (Å²) in [5, 5.41) is 10.5. The van der Waals surface area contributed by atoms with Crippen molar-refractivity contribution in [2.45, 2.75) is 63.6 Å². The molecule has 6 atom stereocenters. The van der Waals surface area contributed by atoms with Crippen LogP contribution < -0.4 is 0 Å². The molecular formula is C35H43N3O5. The zero-order chi connectivity index (χ0) is 30.7. The summed E-state index contributed by atoms with van der Waals surface area (Å²) in [5.41, 5.74) is 0.783. The monoisotopic (exact) mass is 585 g/mol. The Morgan fingerprint density at radius 2 is 1.51 bits per heavy atom. The fourth-order valence-corrected chi connectivity index (χ4v) is 7.40. The molecule has 3 aliphatic rings. The standard InChI is InChI=1S/C35H43N3O5/c1-5-19-36(21-25-13-9-7-10-14-25)32(40)29-28-17-18-35(43-28)30(29)33(41)38(27(23-39)24(3)4)31(35)34(42)37(20-6-2)22-26-15-11-8-12-16-26/h5-16,24,27-31,39H,1-2,17-23H2,3-4H3/t27-,28-,29+,30-,31?,35?/m0/s1. The van der Waals surface area contributed by atoms with Gasteiger partial charge in [-0.15, -0.1) is 13.2 Å². The molecule has 2 aromatic rings. The zero-order valence-corrected chi connectivity index (χ0v) is 25.2. The molecule has 228 valence electrons. The molecule has 3 saturated heterocycles. The molecule has 5 rings (SSSR count). The van der Waals surface area contributed by atoms with E-state index in [9.17, 15) is 19.5 Å². The minimum atomic E-state index is -1.15. The average molecular weight is 586 g/mol. The highest BCUT2D eigenvalue weighted by atomic mass is 16.5. The molecule has 3 amide bonds. The Balaban J connectivity index is 1.54. The summed E-state index contributed by atoms with van der Waals surface area (Å²) in [5.74, 6) is -2.37. The van der Waals surface area contributed by atoms with Crippen molar-refractivity contribution < 1.29 is 24.2 Å². The Hall–Kier alpha value is -3.75. The van der Waals surface area contributed by atoms with Crippen LogP contribution in [-0.4, -0.2) is 81.0 Å². The number of benzene rings is 2. The lowest BCUT2D eigenvalue weighted by molar-refractivity contribution is -0.153. The van der Waals surface area contributed by atoms with Crippen LogP contribution in [0.3, 0.4) is 0 Å². The van der Waals surface area contributed by atoms with Crippen LogP contribution in [-0.2, 0) is 32.2 Å². The first kappa shape index (κ1) is 30.7. The van der Waals surface area contributed by atoms with E-state index in [4.69, 9.17) is 4.74 Å². The number of carbonyl (C=O) groups excluding carboxylic acids is 3. The maximum atomic E-state index is 14.6. The maximum absolute atomic E-state index is 14.6. The molecule has 0 radical (unpaired) electrons. The number of hydrogen-bond donors (Lipinski definition) is 1. The molecule has 0 aliphatic carbocycles. The Morgan fingerprint density at radius 1 is 0.977 bits per heavy atom. The Morgan fingerprint density at radius 3 is 2.00 bits per heavy atom. The van der Waals surface area contributed by atoms with Gasteiger partial charge in [0.1, 0.15) is 11.6 Å². The predicted molar refractivity (Wildman–Crippen MR) is 164 cm³/mol. The molecule has 2 bridgehead atoms. The van der Waals surface area contributed by atoms with Crippen LogP contribution in [0.5, 0.6) is 0 Å². The average Bonchev–Trinajstić information content (AvgIpc) is 3.65. The highest BCUT2D eigenvalue weighted by molar-refractivity contribution is 5.99. The summed E-state index contributed by atoms with van der Waals surface area (Å²) in [6.45, 7) is 12.6. The molecule has 0 aromatic heterocycles. The van der Waals surface area contributed by atoms with Crippen molar-refractivity contribution in [1.82, 2.24) is 14.7 Å². The molecule has 8 heteroatoms. The third-order valence-electron chi connectivity index (χ3n) is 9.33. The van der Waals surface area contributed by atoms with Crippen molar-refractivity contribution in [2.75, 3.05) is 19.7 Å². The quantitative estimate of drug-likeness (QED) is 0.361. The second-order valence-corrected chi connectivity index (χ2v) is 12.3. The van der Waals surface area contributed by atoms with E-state index in [0.29, 0.717) is 32.5 Å². The van der Waals surface area contributed by atoms with Crippen LogP contribution in [0.2, 0.25) is 0 Å². The zero-order valence-electron chi connectivity index (χ0n) is 25.2. The van der Waals surface area contributed by atoms with Gasteiger partial charge in [-0.05, 0) is 29.9 Å². The highest BCUT2D eigenvalue weighted by Gasteiger charge is 2.75. The molecule has 2 unspecified atom stereocenters. The van der Waals surface area contributed by atoms with Crippen molar-refractivity contribution in [2.24, 2.45) is 17.8 Å². The van der Waals surface area contributed by atoms with E-state index in [1.807, 2.05) is 74.5 Å². The largest absolute Gasteiger partial charge is 0.394 e. The van der Waals surface area contributed by atoms with Gasteiger partial charge in [-0.2, -0.15) is 0 Å². The molecule has 1 spiro atoms. The van der Waals surface area contributed by atoms with Crippen molar-refractivity contribution >= 4 is 17.7 Å². The molecule has 3 aliphatic heterocycles. The lowest BCUT2D eigenvalue weighted by Gasteiger charge is -2.40. The lowest BCUT2D eigenvalue weighted by atomic mass is 9.70. The number of carbonyl (C=O) groups is 3. The summed E-state index contributed by atoms with van der Waals surface area (Å²) in [4.78, 5) is 48.5. The van der Waals surface area contributed by atoms with Gasteiger partial charge in [0.15, 0.2) is 0 Å². The van der Waals surface area contributed by atoms with Gasteiger partial charge in [0.05, 0.1) is 30.6 Å². The number of nitrogens with zero attached hydrogens (tertiary/aromatic N) is 3. The van der Waals surface area contributed by atoms with Crippen LogP contribution in [0.1, 0.15) is 37.8 Å². The van der Waals surface area contributed by atoms with Gasteiger partial charge < -0.3 is 24.5 Å². The number of aliphatic hydroxyl groups is 1. The second-order valence-electron chi connectivity index (χ2n) is 12.3. The smallest absolute Gasteiger partial charge is 0.249 e. The first-order valence-corrected chi connectivity index (χ1v) is 15.3. The van der Waals surface area contributed by atoms with Crippen molar-refractivity contribution in [1.29, 1.82) is 0 Å². The lowest BCUT2D eigenvalue weighted by Crippen LogP contribution is -2.59. The van der Waals surface area contributed by atoms with E-state index >= 15 is 0 Å². The molecule has 1 N–H and O–H groups in total. The van der Waals surface area contributed by atoms with Gasteiger partial charge in [-0.3, -0.25) is 14.4 Å². The Kier molecular flexibility index (Phi) is 9.18. The van der Waals surface area contributed by atoms with Gasteiger partial charge in [0.2, 0.25) is 17.7 Å². The Labute approximate surface area is 254 Å². The fourth-order valence-electron chi connectivity index (χ4n) is 7.40. The molecule has 8 nitrogen and oxygen atoms in total. The summed E-state index contributed by atoms with van der Waals surface area (Å²) < 4.78 is 6.69. The van der Waals surface area contributed by atoms with E-state index in [0.717, 1.165) is 11.1 Å². The maximum Gasteiger partial charge on any atom is 0.249 e. The number of rotatable bonds is 13. The van der Waals surface area contributed by atoms with Crippen molar-refractivity contribution in [3.63, 3.8) is 0 Å². The molecule has 3 fully saturated rings. The number of fused-ring (bicyclic) bond motifs is 1. The number of likely N-dealkylation sites (tertiary alicyclic amines) is 1.